The molecule has 0 spiro atoms. The molecule has 0 saturated carbocycles. The van der Waals surface area contributed by atoms with Gasteiger partial charge in [0.1, 0.15) is 6.54 Å². The van der Waals surface area contributed by atoms with Crippen LogP contribution in [-0.2, 0) is 21.2 Å². The summed E-state index contributed by atoms with van der Waals surface area (Å²) in [6, 6.07) is 17.0. The molecule has 0 saturated heterocycles. The van der Waals surface area contributed by atoms with E-state index in [-0.39, 0.29) is 6.54 Å². The maximum absolute atomic E-state index is 12.2. The van der Waals surface area contributed by atoms with Crippen molar-refractivity contribution in [2.45, 2.75) is 26.7 Å². The Morgan fingerprint density at radius 3 is 2.44 bits per heavy atom. The standard InChI is InChI=1S/C20H25N3O3S/c1-16-8-7-11-19(14-16)23(27(3,25)26)15-20(24)22-21-17(2)12-13-18-9-5-4-6-10-18/h4-11,14H,12-13,15H2,1-3H3,(H,22,24)/b21-17+. The molecule has 2 aromatic carbocycles. The molecule has 27 heavy (non-hydrogen) atoms. The minimum atomic E-state index is -3.59. The fourth-order valence-corrected chi connectivity index (χ4v) is 3.38. The molecule has 0 aliphatic heterocycles. The summed E-state index contributed by atoms with van der Waals surface area (Å²) in [6.07, 6.45) is 2.61. The van der Waals surface area contributed by atoms with E-state index in [0.717, 1.165) is 28.3 Å². The third-order valence-corrected chi connectivity index (χ3v) is 5.11. The van der Waals surface area contributed by atoms with Crippen molar-refractivity contribution in [3.8, 4) is 0 Å². The maximum atomic E-state index is 12.2. The van der Waals surface area contributed by atoms with Gasteiger partial charge in [-0.05, 0) is 49.9 Å². The van der Waals surface area contributed by atoms with Gasteiger partial charge in [0.25, 0.3) is 5.91 Å². The van der Waals surface area contributed by atoms with Gasteiger partial charge in [-0.2, -0.15) is 5.10 Å². The van der Waals surface area contributed by atoms with E-state index in [2.05, 4.69) is 10.5 Å². The van der Waals surface area contributed by atoms with Crippen LogP contribution in [0, 0.1) is 6.92 Å². The molecule has 0 radical (unpaired) electrons. The molecule has 0 atom stereocenters. The molecule has 0 aliphatic carbocycles. The number of nitrogens with one attached hydrogen (secondary N) is 1. The predicted molar refractivity (Wildman–Crippen MR) is 109 cm³/mol. The van der Waals surface area contributed by atoms with Crippen molar-refractivity contribution in [3.63, 3.8) is 0 Å². The van der Waals surface area contributed by atoms with Crippen LogP contribution < -0.4 is 9.73 Å². The van der Waals surface area contributed by atoms with Crippen LogP contribution in [0.15, 0.2) is 59.7 Å². The lowest BCUT2D eigenvalue weighted by atomic mass is 10.1. The zero-order valence-corrected chi connectivity index (χ0v) is 16.7. The lowest BCUT2D eigenvalue weighted by Crippen LogP contribution is -2.39. The number of benzene rings is 2. The van der Waals surface area contributed by atoms with E-state index in [1.165, 1.54) is 5.56 Å². The number of aryl methyl sites for hydroxylation is 2. The molecule has 2 aromatic rings. The molecule has 2 rings (SSSR count). The highest BCUT2D eigenvalue weighted by Crippen LogP contribution is 2.18. The fraction of sp³-hybridized carbons (Fsp3) is 0.300. The highest BCUT2D eigenvalue weighted by molar-refractivity contribution is 7.92. The predicted octanol–water partition coefficient (Wildman–Crippen LogP) is 2.89. The monoisotopic (exact) mass is 387 g/mol. The molecule has 0 bridgehead atoms. The molecule has 1 N–H and O–H groups in total. The Hall–Kier alpha value is -2.67. The highest BCUT2D eigenvalue weighted by atomic mass is 32.2. The van der Waals surface area contributed by atoms with E-state index < -0.39 is 15.9 Å². The summed E-state index contributed by atoms with van der Waals surface area (Å²) < 4.78 is 25.2. The first kappa shape index (κ1) is 20.6. The number of sulfonamides is 1. The Bertz CT molecular complexity index is 909. The lowest BCUT2D eigenvalue weighted by Gasteiger charge is -2.21. The zero-order valence-electron chi connectivity index (χ0n) is 15.8. The van der Waals surface area contributed by atoms with Crippen LogP contribution in [0.5, 0.6) is 0 Å². The van der Waals surface area contributed by atoms with E-state index in [0.29, 0.717) is 12.1 Å². The van der Waals surface area contributed by atoms with Crippen LogP contribution in [0.25, 0.3) is 0 Å². The average molecular weight is 388 g/mol. The number of rotatable bonds is 8. The number of nitrogens with zero attached hydrogens (tertiary/aromatic N) is 2. The van der Waals surface area contributed by atoms with Crippen molar-refractivity contribution in [2.24, 2.45) is 5.10 Å². The van der Waals surface area contributed by atoms with Crippen molar-refractivity contribution in [2.75, 3.05) is 17.1 Å². The van der Waals surface area contributed by atoms with Crippen LogP contribution >= 0.6 is 0 Å². The second kappa shape index (κ2) is 9.32. The van der Waals surface area contributed by atoms with Crippen molar-refractivity contribution >= 4 is 27.3 Å². The molecule has 0 aromatic heterocycles. The minimum Gasteiger partial charge on any atom is -0.271 e. The summed E-state index contributed by atoms with van der Waals surface area (Å²) in [6.45, 7) is 3.38. The van der Waals surface area contributed by atoms with Gasteiger partial charge in [0.05, 0.1) is 11.9 Å². The number of hydrogen-bond donors (Lipinski definition) is 1. The molecule has 0 fully saturated rings. The summed E-state index contributed by atoms with van der Waals surface area (Å²) in [5.41, 5.74) is 5.79. The van der Waals surface area contributed by atoms with Gasteiger partial charge in [0.15, 0.2) is 0 Å². The van der Waals surface area contributed by atoms with E-state index in [1.54, 1.807) is 18.2 Å². The lowest BCUT2D eigenvalue weighted by molar-refractivity contribution is -0.119. The smallest absolute Gasteiger partial charge is 0.260 e. The summed E-state index contributed by atoms with van der Waals surface area (Å²) in [5, 5.41) is 4.08. The summed E-state index contributed by atoms with van der Waals surface area (Å²) in [5.74, 6) is -0.485. The first-order chi connectivity index (χ1) is 12.8. The van der Waals surface area contributed by atoms with Gasteiger partial charge in [-0.3, -0.25) is 9.10 Å². The number of carbonyl (C=O) groups excluding carboxylic acids is 1. The highest BCUT2D eigenvalue weighted by Gasteiger charge is 2.20. The van der Waals surface area contributed by atoms with Gasteiger partial charge in [0.2, 0.25) is 10.0 Å². The largest absolute Gasteiger partial charge is 0.271 e. The Morgan fingerprint density at radius 1 is 1.11 bits per heavy atom. The average Bonchev–Trinajstić information content (AvgIpc) is 2.62. The van der Waals surface area contributed by atoms with Crippen molar-refractivity contribution in [1.82, 2.24) is 5.43 Å². The van der Waals surface area contributed by atoms with Crippen molar-refractivity contribution < 1.29 is 13.2 Å². The third-order valence-electron chi connectivity index (χ3n) is 3.97. The molecule has 0 heterocycles. The van der Waals surface area contributed by atoms with Crippen LogP contribution in [-0.4, -0.2) is 32.8 Å². The van der Waals surface area contributed by atoms with E-state index >= 15 is 0 Å². The molecule has 1 amide bonds. The van der Waals surface area contributed by atoms with Gasteiger partial charge < -0.3 is 0 Å². The van der Waals surface area contributed by atoms with Crippen LogP contribution in [0.2, 0.25) is 0 Å². The van der Waals surface area contributed by atoms with Crippen LogP contribution in [0.3, 0.4) is 0 Å². The summed E-state index contributed by atoms with van der Waals surface area (Å²) in [7, 11) is -3.59. The van der Waals surface area contributed by atoms with Gasteiger partial charge >= 0.3 is 0 Å². The Balaban J connectivity index is 1.97. The topological polar surface area (TPSA) is 78.8 Å². The van der Waals surface area contributed by atoms with Crippen molar-refractivity contribution in [1.29, 1.82) is 0 Å². The molecule has 7 heteroatoms. The molecule has 0 unspecified atom stereocenters. The van der Waals surface area contributed by atoms with E-state index in [9.17, 15) is 13.2 Å². The Labute approximate surface area is 161 Å². The Morgan fingerprint density at radius 2 is 1.81 bits per heavy atom. The zero-order chi connectivity index (χ0) is 19.9. The normalized spacial score (nSPS) is 11.9. The third kappa shape index (κ3) is 6.86. The second-order valence-electron chi connectivity index (χ2n) is 6.48. The fourth-order valence-electron chi connectivity index (χ4n) is 2.53. The van der Waals surface area contributed by atoms with E-state index in [1.807, 2.05) is 50.2 Å². The number of carbonyl (C=O) groups is 1. The molecular weight excluding hydrogens is 362 g/mol. The van der Waals surface area contributed by atoms with Gasteiger partial charge in [-0.15, -0.1) is 0 Å². The molecule has 0 aliphatic rings. The number of amides is 1. The summed E-state index contributed by atoms with van der Waals surface area (Å²) in [4.78, 5) is 12.2. The second-order valence-corrected chi connectivity index (χ2v) is 8.38. The number of hydrogen-bond acceptors (Lipinski definition) is 4. The van der Waals surface area contributed by atoms with Crippen LogP contribution in [0.4, 0.5) is 5.69 Å². The first-order valence-electron chi connectivity index (χ1n) is 8.66. The quantitative estimate of drug-likeness (QED) is 0.559. The minimum absolute atomic E-state index is 0.322. The first-order valence-corrected chi connectivity index (χ1v) is 10.5. The number of hydrazone groups is 1. The van der Waals surface area contributed by atoms with Crippen molar-refractivity contribution in [3.05, 3.63) is 65.7 Å². The molecular formula is C20H25N3O3S. The molecule has 144 valence electrons. The summed E-state index contributed by atoms with van der Waals surface area (Å²) >= 11 is 0. The van der Waals surface area contributed by atoms with Crippen LogP contribution in [0.1, 0.15) is 24.5 Å². The SMILES string of the molecule is C/C(CCc1ccccc1)=N\NC(=O)CN(c1cccc(C)c1)S(C)(=O)=O. The maximum Gasteiger partial charge on any atom is 0.260 e. The Kier molecular flexibility index (Phi) is 7.12. The number of anilines is 1. The van der Waals surface area contributed by atoms with E-state index in [4.69, 9.17) is 0 Å². The molecule has 6 nitrogen and oxygen atoms in total. The van der Waals surface area contributed by atoms with Gasteiger partial charge in [-0.25, -0.2) is 13.8 Å². The van der Waals surface area contributed by atoms with Gasteiger partial charge in [0, 0.05) is 5.71 Å². The van der Waals surface area contributed by atoms with Gasteiger partial charge in [-0.1, -0.05) is 42.5 Å².